The van der Waals surface area contributed by atoms with Crippen molar-refractivity contribution in [2.75, 3.05) is 26.2 Å². The number of hydrogen-bond donors (Lipinski definition) is 1. The predicted molar refractivity (Wildman–Crippen MR) is 99.9 cm³/mol. The van der Waals surface area contributed by atoms with Crippen LogP contribution in [0, 0.1) is 0 Å². The monoisotopic (exact) mass is 354 g/mol. The zero-order chi connectivity index (χ0) is 18.1. The first-order valence-corrected chi connectivity index (χ1v) is 9.32. The van der Waals surface area contributed by atoms with Gasteiger partial charge in [-0.2, -0.15) is 0 Å². The number of ether oxygens (including phenoxy) is 1. The molecule has 2 aliphatic rings. The molecule has 2 aliphatic heterocycles. The van der Waals surface area contributed by atoms with Gasteiger partial charge in [0.25, 0.3) is 0 Å². The molecule has 0 radical (unpaired) electrons. The second-order valence-electron chi connectivity index (χ2n) is 7.65. The Balaban J connectivity index is 1.48. The van der Waals surface area contributed by atoms with E-state index in [0.29, 0.717) is 18.8 Å². The van der Waals surface area contributed by atoms with Gasteiger partial charge in [-0.25, -0.2) is 4.68 Å². The van der Waals surface area contributed by atoms with Crippen molar-refractivity contribution in [2.24, 2.45) is 0 Å². The topological polar surface area (TPSA) is 63.4 Å². The van der Waals surface area contributed by atoms with E-state index in [-0.39, 0.29) is 6.04 Å². The number of para-hydroxylation sites is 1. The summed E-state index contributed by atoms with van der Waals surface area (Å²) in [5, 5.41) is 19.6. The minimum absolute atomic E-state index is 0.240. The van der Waals surface area contributed by atoms with E-state index in [4.69, 9.17) is 4.74 Å². The molecule has 0 bridgehead atoms. The third-order valence-electron chi connectivity index (χ3n) is 5.18. The summed E-state index contributed by atoms with van der Waals surface area (Å²) in [7, 11) is 0. The smallest absolute Gasteiger partial charge is 0.127 e. The number of piperidine rings is 1. The second-order valence-corrected chi connectivity index (χ2v) is 7.65. The second kappa shape index (κ2) is 6.85. The van der Waals surface area contributed by atoms with Crippen molar-refractivity contribution in [3.63, 3.8) is 0 Å². The number of rotatable bonds is 4. The molecule has 6 nitrogen and oxygen atoms in total. The highest BCUT2D eigenvalue weighted by Gasteiger charge is 2.37. The molecule has 1 atom stereocenters. The summed E-state index contributed by atoms with van der Waals surface area (Å²) in [6.45, 7) is 7.07. The summed E-state index contributed by atoms with van der Waals surface area (Å²) in [6, 6.07) is 8.33. The van der Waals surface area contributed by atoms with E-state index in [1.807, 2.05) is 24.4 Å². The van der Waals surface area contributed by atoms with E-state index >= 15 is 0 Å². The lowest BCUT2D eigenvalue weighted by molar-refractivity contribution is -0.0366. The number of aromatic nitrogens is 3. The molecule has 0 aliphatic carbocycles. The SMILES string of the molecule is CC(C)n1cc([C@@]2(O)CCCN(CC3=Cc4ccccc4OC3)C2)nn1. The first-order valence-electron chi connectivity index (χ1n) is 9.32. The van der Waals surface area contributed by atoms with E-state index in [1.54, 1.807) is 4.68 Å². The minimum atomic E-state index is -0.931. The van der Waals surface area contributed by atoms with Crippen molar-refractivity contribution in [3.8, 4) is 5.75 Å². The molecule has 0 unspecified atom stereocenters. The quantitative estimate of drug-likeness (QED) is 0.914. The van der Waals surface area contributed by atoms with Gasteiger partial charge in [0.2, 0.25) is 0 Å². The molecule has 1 aromatic heterocycles. The van der Waals surface area contributed by atoms with E-state index in [2.05, 4.69) is 41.2 Å². The fourth-order valence-corrected chi connectivity index (χ4v) is 3.75. The molecule has 3 heterocycles. The number of β-amino-alcohol motifs (C(OH)–C–C–N with tert-alkyl or cyclic N) is 1. The Bertz CT molecular complexity index is 814. The number of hydrogen-bond acceptors (Lipinski definition) is 5. The van der Waals surface area contributed by atoms with Crippen molar-refractivity contribution in [1.29, 1.82) is 0 Å². The Morgan fingerprint density at radius 2 is 2.15 bits per heavy atom. The number of aliphatic hydroxyl groups is 1. The fourth-order valence-electron chi connectivity index (χ4n) is 3.75. The van der Waals surface area contributed by atoms with Crippen LogP contribution in [-0.2, 0) is 5.60 Å². The molecule has 1 saturated heterocycles. The molecule has 4 rings (SSSR count). The van der Waals surface area contributed by atoms with E-state index in [1.165, 1.54) is 5.57 Å². The van der Waals surface area contributed by atoms with Gasteiger partial charge in [-0.05, 0) is 50.9 Å². The lowest BCUT2D eigenvalue weighted by Gasteiger charge is -2.38. The van der Waals surface area contributed by atoms with Gasteiger partial charge in [0.1, 0.15) is 23.7 Å². The van der Waals surface area contributed by atoms with E-state index < -0.39 is 5.60 Å². The van der Waals surface area contributed by atoms with Crippen molar-refractivity contribution in [3.05, 3.63) is 47.3 Å². The molecular formula is C20H26N4O2. The molecule has 26 heavy (non-hydrogen) atoms. The van der Waals surface area contributed by atoms with Crippen LogP contribution in [0.25, 0.3) is 6.08 Å². The first-order chi connectivity index (χ1) is 12.5. The normalized spacial score (nSPS) is 23.5. The number of fused-ring (bicyclic) bond motifs is 1. The van der Waals surface area contributed by atoms with Gasteiger partial charge in [0.05, 0.1) is 6.20 Å². The zero-order valence-electron chi connectivity index (χ0n) is 15.4. The van der Waals surface area contributed by atoms with Crippen LogP contribution in [-0.4, -0.2) is 51.2 Å². The van der Waals surface area contributed by atoms with Gasteiger partial charge >= 0.3 is 0 Å². The fraction of sp³-hybridized carbons (Fsp3) is 0.500. The van der Waals surface area contributed by atoms with Crippen molar-refractivity contribution < 1.29 is 9.84 Å². The average molecular weight is 354 g/mol. The molecule has 0 amide bonds. The summed E-state index contributed by atoms with van der Waals surface area (Å²) in [6.07, 6.45) is 5.75. The zero-order valence-corrected chi connectivity index (χ0v) is 15.4. The molecule has 2 aromatic rings. The lowest BCUT2D eigenvalue weighted by Crippen LogP contribution is -2.47. The standard InChI is InChI=1S/C20H26N4O2/c1-15(2)24-12-19(21-22-24)20(25)8-5-9-23(14-20)11-16-10-17-6-3-4-7-18(17)26-13-16/h3-4,6-7,10,12,15,25H,5,8-9,11,13-14H2,1-2H3/t20-/m1/s1. The Morgan fingerprint density at radius 1 is 1.31 bits per heavy atom. The van der Waals surface area contributed by atoms with Crippen molar-refractivity contribution in [2.45, 2.75) is 38.3 Å². The number of benzene rings is 1. The van der Waals surface area contributed by atoms with E-state index in [9.17, 15) is 5.11 Å². The van der Waals surface area contributed by atoms with Gasteiger partial charge in [-0.3, -0.25) is 4.90 Å². The van der Waals surface area contributed by atoms with Crippen LogP contribution in [0.1, 0.15) is 44.0 Å². The summed E-state index contributed by atoms with van der Waals surface area (Å²) in [5.41, 5.74) is 2.11. The Labute approximate surface area is 154 Å². The maximum absolute atomic E-state index is 11.2. The minimum Gasteiger partial charge on any atom is -0.489 e. The van der Waals surface area contributed by atoms with Crippen LogP contribution >= 0.6 is 0 Å². The molecule has 138 valence electrons. The maximum Gasteiger partial charge on any atom is 0.127 e. The highest BCUT2D eigenvalue weighted by atomic mass is 16.5. The number of likely N-dealkylation sites (tertiary alicyclic amines) is 1. The Kier molecular flexibility index (Phi) is 4.54. The highest BCUT2D eigenvalue weighted by molar-refractivity contribution is 5.62. The molecular weight excluding hydrogens is 328 g/mol. The maximum atomic E-state index is 11.2. The van der Waals surface area contributed by atoms with Gasteiger partial charge in [0.15, 0.2) is 0 Å². The van der Waals surface area contributed by atoms with Crippen LogP contribution < -0.4 is 4.74 Å². The first kappa shape index (κ1) is 17.2. The van der Waals surface area contributed by atoms with Crippen LogP contribution in [0.5, 0.6) is 5.75 Å². The molecule has 1 N–H and O–H groups in total. The highest BCUT2D eigenvalue weighted by Crippen LogP contribution is 2.32. The average Bonchev–Trinajstić information content (AvgIpc) is 3.13. The molecule has 1 fully saturated rings. The largest absolute Gasteiger partial charge is 0.489 e. The predicted octanol–water partition coefficient (Wildman–Crippen LogP) is 2.62. The van der Waals surface area contributed by atoms with Gasteiger partial charge in [-0.15, -0.1) is 5.10 Å². The van der Waals surface area contributed by atoms with Crippen molar-refractivity contribution >= 4 is 6.08 Å². The number of nitrogens with zero attached hydrogens (tertiary/aromatic N) is 4. The van der Waals surface area contributed by atoms with Crippen LogP contribution in [0.2, 0.25) is 0 Å². The van der Waals surface area contributed by atoms with Crippen LogP contribution in [0.3, 0.4) is 0 Å². The lowest BCUT2D eigenvalue weighted by atomic mass is 9.89. The van der Waals surface area contributed by atoms with E-state index in [0.717, 1.165) is 37.2 Å². The van der Waals surface area contributed by atoms with Crippen LogP contribution in [0.4, 0.5) is 0 Å². The van der Waals surface area contributed by atoms with Gasteiger partial charge in [0, 0.05) is 24.7 Å². The Hall–Kier alpha value is -2.18. The third-order valence-corrected chi connectivity index (χ3v) is 5.18. The molecule has 0 spiro atoms. The molecule has 1 aromatic carbocycles. The summed E-state index contributed by atoms with van der Waals surface area (Å²) in [4.78, 5) is 2.29. The summed E-state index contributed by atoms with van der Waals surface area (Å²) >= 11 is 0. The summed E-state index contributed by atoms with van der Waals surface area (Å²) in [5.74, 6) is 0.941. The third kappa shape index (κ3) is 3.39. The van der Waals surface area contributed by atoms with Crippen LogP contribution in [0.15, 0.2) is 36.0 Å². The summed E-state index contributed by atoms with van der Waals surface area (Å²) < 4.78 is 7.67. The molecule has 6 heteroatoms. The van der Waals surface area contributed by atoms with Crippen molar-refractivity contribution in [1.82, 2.24) is 19.9 Å². The molecule has 0 saturated carbocycles. The Morgan fingerprint density at radius 3 is 2.96 bits per heavy atom. The van der Waals surface area contributed by atoms with Gasteiger partial charge in [-0.1, -0.05) is 23.4 Å². The van der Waals surface area contributed by atoms with Gasteiger partial charge < -0.3 is 9.84 Å².